The topological polar surface area (TPSA) is 33.0 Å². The van der Waals surface area contributed by atoms with Gasteiger partial charge in [0.1, 0.15) is 5.76 Å². The Hall–Kier alpha value is -2.23. The van der Waals surface area contributed by atoms with Gasteiger partial charge >= 0.3 is 24.4 Å². The van der Waals surface area contributed by atoms with Crippen LogP contribution in [0, 0.1) is 11.3 Å². The van der Waals surface area contributed by atoms with Crippen molar-refractivity contribution in [2.45, 2.75) is 36.2 Å². The van der Waals surface area contributed by atoms with Gasteiger partial charge in [0.15, 0.2) is 0 Å². The van der Waals surface area contributed by atoms with E-state index in [9.17, 15) is 39.5 Å². The Morgan fingerprint density at radius 1 is 0.900 bits per heavy atom. The third-order valence-electron chi connectivity index (χ3n) is 4.21. The summed E-state index contributed by atoms with van der Waals surface area (Å²) >= 11 is 2.57. The lowest BCUT2D eigenvalue weighted by Gasteiger charge is -2.45. The molecule has 2 nitrogen and oxygen atoms in total. The summed E-state index contributed by atoms with van der Waals surface area (Å²) in [6.07, 6.45) is -19.8. The molecule has 0 heterocycles. The first-order valence-electron chi connectivity index (χ1n) is 7.65. The molecule has 1 atom stereocenters. The first kappa shape index (κ1) is 24.0. The Morgan fingerprint density at radius 2 is 1.43 bits per heavy atom. The van der Waals surface area contributed by atoms with E-state index in [0.717, 1.165) is 18.2 Å². The van der Waals surface area contributed by atoms with Crippen molar-refractivity contribution in [3.63, 3.8) is 0 Å². The van der Waals surface area contributed by atoms with Gasteiger partial charge in [0.25, 0.3) is 0 Å². The predicted molar refractivity (Wildman–Crippen MR) is 85.6 cm³/mol. The number of rotatable bonds is 3. The highest BCUT2D eigenvalue weighted by atomic mass is 79.9. The summed E-state index contributed by atoms with van der Waals surface area (Å²) in [4.78, 5) is 0. The van der Waals surface area contributed by atoms with Crippen molar-refractivity contribution >= 4 is 15.9 Å². The van der Waals surface area contributed by atoms with Crippen LogP contribution >= 0.6 is 15.9 Å². The minimum absolute atomic E-state index is 0.146. The number of nitrogens with zero attached hydrogens (tertiary/aromatic N) is 1. The molecule has 164 valence electrons. The van der Waals surface area contributed by atoms with Crippen molar-refractivity contribution in [2.24, 2.45) is 0 Å². The zero-order valence-corrected chi connectivity index (χ0v) is 15.8. The van der Waals surface area contributed by atoms with Crippen LogP contribution in [0.15, 0.2) is 46.7 Å². The van der Waals surface area contributed by atoms with E-state index in [2.05, 4.69) is 20.7 Å². The molecule has 0 spiro atoms. The van der Waals surface area contributed by atoms with Crippen molar-refractivity contribution in [1.29, 1.82) is 5.26 Å². The van der Waals surface area contributed by atoms with E-state index in [1.807, 2.05) is 0 Å². The van der Waals surface area contributed by atoms with Crippen LogP contribution in [0.3, 0.4) is 0 Å². The van der Waals surface area contributed by atoms with E-state index in [0.29, 0.717) is 6.07 Å². The maximum Gasteiger partial charge on any atom is 0.572 e. The monoisotopic (exact) mass is 511 g/mol. The molecule has 0 radical (unpaired) electrons. The lowest BCUT2D eigenvalue weighted by atomic mass is 9.64. The average Bonchev–Trinajstić information content (AvgIpc) is 2.56. The maximum atomic E-state index is 15.3. The van der Waals surface area contributed by atoms with Crippen LogP contribution in [0.1, 0.15) is 17.5 Å². The quantitative estimate of drug-likeness (QED) is 0.421. The zero-order valence-electron chi connectivity index (χ0n) is 14.2. The van der Waals surface area contributed by atoms with Crippen molar-refractivity contribution in [1.82, 2.24) is 0 Å². The van der Waals surface area contributed by atoms with Crippen LogP contribution in [0.4, 0.5) is 43.9 Å². The fraction of sp³-hybridized carbons (Fsp3) is 0.353. The first-order valence-corrected chi connectivity index (χ1v) is 8.44. The van der Waals surface area contributed by atoms with Crippen LogP contribution in [0.5, 0.6) is 0 Å². The van der Waals surface area contributed by atoms with Gasteiger partial charge in [-0.25, -0.2) is 4.39 Å². The summed E-state index contributed by atoms with van der Waals surface area (Å²) in [6, 6.07) is 4.72. The van der Waals surface area contributed by atoms with Gasteiger partial charge in [-0.2, -0.15) is 31.6 Å². The second kappa shape index (κ2) is 7.47. The number of benzene rings is 1. The van der Waals surface area contributed by atoms with E-state index < -0.39 is 57.6 Å². The number of hydrogen-bond acceptors (Lipinski definition) is 2. The van der Waals surface area contributed by atoms with E-state index in [1.54, 1.807) is 0 Å². The number of ether oxygens (including phenoxy) is 1. The zero-order chi connectivity index (χ0) is 23.2. The molecule has 1 aliphatic rings. The third kappa shape index (κ3) is 4.01. The second-order valence-electron chi connectivity index (χ2n) is 6.11. The summed E-state index contributed by atoms with van der Waals surface area (Å²) in [6.45, 7) is 0. The van der Waals surface area contributed by atoms with E-state index in [-0.39, 0.29) is 12.2 Å². The summed E-state index contributed by atoms with van der Waals surface area (Å²) in [5.74, 6) is -1.42. The van der Waals surface area contributed by atoms with Gasteiger partial charge < -0.3 is 4.74 Å². The largest absolute Gasteiger partial charge is 0.572 e. The van der Waals surface area contributed by atoms with Gasteiger partial charge in [0.2, 0.25) is 0 Å². The number of allylic oxidation sites excluding steroid dienone is 3. The Bertz CT molecular complexity index is 908. The SMILES string of the molecule is N#Cc1ccccc1C1(C(F)(C(F)(F)F)C(F)(F)F)C=C(Br)CC(OC(F)(F)F)=C1. The molecular weight excluding hydrogens is 504 g/mol. The Balaban J connectivity index is 3.04. The summed E-state index contributed by atoms with van der Waals surface area (Å²) in [5, 5.41) is 9.15. The number of hydrogen-bond donors (Lipinski definition) is 0. The molecule has 0 N–H and O–H groups in total. The van der Waals surface area contributed by atoms with Crippen molar-refractivity contribution < 1.29 is 48.6 Å². The number of halogens is 11. The molecule has 0 saturated heterocycles. The van der Waals surface area contributed by atoms with Gasteiger partial charge in [0, 0.05) is 6.42 Å². The Morgan fingerprint density at radius 3 is 1.90 bits per heavy atom. The molecule has 0 saturated carbocycles. The molecule has 1 aromatic carbocycles. The van der Waals surface area contributed by atoms with Gasteiger partial charge in [-0.3, -0.25) is 0 Å². The number of alkyl halides is 10. The summed E-state index contributed by atoms with van der Waals surface area (Å²) in [7, 11) is 0. The molecule has 1 aliphatic carbocycles. The molecule has 0 amide bonds. The molecular formula is C17H8BrF10NO. The summed E-state index contributed by atoms with van der Waals surface area (Å²) in [5.41, 5.74) is -12.0. The molecule has 0 aromatic heterocycles. The standard InChI is InChI=1S/C17H8BrF10NO/c18-10-5-11(30-17(26,27)28)7-13(6-10,12-4-2-1-3-9(12)8-29)14(19,15(20,21)22)16(23,24)25/h1-4,6-7H,5H2. The minimum Gasteiger partial charge on any atom is -0.410 e. The van der Waals surface area contributed by atoms with E-state index in [1.165, 1.54) is 6.07 Å². The average molecular weight is 512 g/mol. The van der Waals surface area contributed by atoms with Crippen LogP contribution in [-0.4, -0.2) is 24.4 Å². The first-order chi connectivity index (χ1) is 13.5. The maximum absolute atomic E-state index is 15.3. The summed E-state index contributed by atoms with van der Waals surface area (Å²) < 4.78 is 138. The van der Waals surface area contributed by atoms with Gasteiger partial charge in [-0.1, -0.05) is 40.2 Å². The highest BCUT2D eigenvalue weighted by Gasteiger charge is 2.81. The molecule has 1 unspecified atom stereocenters. The fourth-order valence-electron chi connectivity index (χ4n) is 3.14. The minimum atomic E-state index is -6.64. The Labute approximate surface area is 170 Å². The van der Waals surface area contributed by atoms with Crippen molar-refractivity contribution in [3.05, 3.63) is 57.8 Å². The van der Waals surface area contributed by atoms with Crippen molar-refractivity contribution in [3.8, 4) is 6.07 Å². The molecule has 0 fully saturated rings. The fourth-order valence-corrected chi connectivity index (χ4v) is 3.77. The molecule has 0 bridgehead atoms. The van der Waals surface area contributed by atoms with Crippen LogP contribution in [0.2, 0.25) is 0 Å². The van der Waals surface area contributed by atoms with Crippen LogP contribution < -0.4 is 0 Å². The van der Waals surface area contributed by atoms with Crippen LogP contribution in [-0.2, 0) is 10.2 Å². The lowest BCUT2D eigenvalue weighted by molar-refractivity contribution is -0.354. The molecule has 13 heteroatoms. The molecule has 1 aromatic rings. The molecule has 30 heavy (non-hydrogen) atoms. The highest BCUT2D eigenvalue weighted by Crippen LogP contribution is 2.60. The van der Waals surface area contributed by atoms with Gasteiger partial charge in [-0.05, 0) is 22.2 Å². The van der Waals surface area contributed by atoms with E-state index in [4.69, 9.17) is 5.26 Å². The van der Waals surface area contributed by atoms with E-state index >= 15 is 4.39 Å². The van der Waals surface area contributed by atoms with Gasteiger partial charge in [0.05, 0.1) is 17.0 Å². The van der Waals surface area contributed by atoms with Crippen molar-refractivity contribution in [2.75, 3.05) is 0 Å². The van der Waals surface area contributed by atoms with Gasteiger partial charge in [-0.15, -0.1) is 13.2 Å². The lowest BCUT2D eigenvalue weighted by Crippen LogP contribution is -2.65. The van der Waals surface area contributed by atoms with Crippen LogP contribution in [0.25, 0.3) is 0 Å². The molecule has 2 rings (SSSR count). The highest BCUT2D eigenvalue weighted by molar-refractivity contribution is 9.11. The molecule has 0 aliphatic heterocycles. The number of nitriles is 1. The second-order valence-corrected chi connectivity index (χ2v) is 7.13. The third-order valence-corrected chi connectivity index (χ3v) is 4.72. The smallest absolute Gasteiger partial charge is 0.410 e. The predicted octanol–water partition coefficient (Wildman–Crippen LogP) is 6.73. The normalized spacial score (nSPS) is 20.9. The Kier molecular flexibility index (Phi) is 5.99.